The second-order valence-corrected chi connectivity index (χ2v) is 6.98. The van der Waals surface area contributed by atoms with E-state index in [2.05, 4.69) is 20.6 Å². The minimum absolute atomic E-state index is 0.170. The third-order valence-electron chi connectivity index (χ3n) is 4.86. The highest BCUT2D eigenvalue weighted by Crippen LogP contribution is 2.22. The van der Waals surface area contributed by atoms with Crippen molar-refractivity contribution < 1.29 is 13.6 Å². The molecule has 0 fully saturated rings. The van der Waals surface area contributed by atoms with E-state index in [1.165, 1.54) is 12.1 Å². The molecule has 1 amide bonds. The van der Waals surface area contributed by atoms with E-state index in [0.29, 0.717) is 35.3 Å². The first-order valence-corrected chi connectivity index (χ1v) is 9.41. The smallest absolute Gasteiger partial charge is 0.278 e. The van der Waals surface area contributed by atoms with E-state index >= 15 is 0 Å². The minimum Gasteiger partial charge on any atom is -0.441 e. The maximum absolute atomic E-state index is 13.5. The van der Waals surface area contributed by atoms with Crippen LogP contribution in [0.2, 0.25) is 0 Å². The molecule has 0 bridgehead atoms. The lowest BCUT2D eigenvalue weighted by atomic mass is 10.2. The van der Waals surface area contributed by atoms with Gasteiger partial charge in [-0.3, -0.25) is 4.79 Å². The summed E-state index contributed by atoms with van der Waals surface area (Å²) < 4.78 is 20.9. The zero-order chi connectivity index (χ0) is 21.3. The molecular weight excluding hydrogens is 385 g/mol. The fraction of sp³-hybridized carbons (Fsp3) is 0.182. The molecule has 4 aromatic rings. The zero-order valence-corrected chi connectivity index (χ0v) is 16.8. The predicted molar refractivity (Wildman–Crippen MR) is 110 cm³/mol. The number of carbonyl (C=O) groups is 1. The molecule has 0 aliphatic rings. The highest BCUT2D eigenvalue weighted by atomic mass is 19.1. The van der Waals surface area contributed by atoms with Crippen molar-refractivity contribution in [1.29, 1.82) is 0 Å². The number of amides is 1. The van der Waals surface area contributed by atoms with Crippen LogP contribution in [0.15, 0.2) is 52.9 Å². The van der Waals surface area contributed by atoms with Gasteiger partial charge < -0.3 is 9.73 Å². The lowest BCUT2D eigenvalue weighted by molar-refractivity contribution is 0.102. The maximum Gasteiger partial charge on any atom is 0.278 e. The largest absolute Gasteiger partial charge is 0.441 e. The molecule has 0 aliphatic carbocycles. The van der Waals surface area contributed by atoms with E-state index in [1.54, 1.807) is 24.6 Å². The third-order valence-corrected chi connectivity index (χ3v) is 4.86. The van der Waals surface area contributed by atoms with Gasteiger partial charge in [0.1, 0.15) is 17.3 Å². The molecular formula is C22H20FN5O2. The summed E-state index contributed by atoms with van der Waals surface area (Å²) >= 11 is 0. The second kappa shape index (κ2) is 7.90. The van der Waals surface area contributed by atoms with Gasteiger partial charge in [0.25, 0.3) is 5.91 Å². The summed E-state index contributed by atoms with van der Waals surface area (Å²) in [5.74, 6) is 0.326. The Kier molecular flexibility index (Phi) is 5.14. The number of oxazole rings is 1. The third kappa shape index (κ3) is 3.84. The number of benzene rings is 2. The molecule has 0 saturated carbocycles. The van der Waals surface area contributed by atoms with Gasteiger partial charge in [-0.2, -0.15) is 0 Å². The molecule has 152 valence electrons. The number of nitrogens with zero attached hydrogens (tertiary/aromatic N) is 4. The summed E-state index contributed by atoms with van der Waals surface area (Å²) in [5, 5.41) is 10.8. The number of aromatic nitrogens is 4. The van der Waals surface area contributed by atoms with Crippen LogP contribution < -0.4 is 5.32 Å². The predicted octanol–water partition coefficient (Wildman–Crippen LogP) is 4.30. The fourth-order valence-corrected chi connectivity index (χ4v) is 3.05. The van der Waals surface area contributed by atoms with E-state index in [-0.39, 0.29) is 5.69 Å². The van der Waals surface area contributed by atoms with Crippen molar-refractivity contribution in [3.63, 3.8) is 0 Å². The highest BCUT2D eigenvalue weighted by Gasteiger charge is 2.20. The van der Waals surface area contributed by atoms with Gasteiger partial charge >= 0.3 is 0 Å². The molecule has 2 aromatic heterocycles. The van der Waals surface area contributed by atoms with E-state index in [1.807, 2.05) is 37.3 Å². The fourth-order valence-electron chi connectivity index (χ4n) is 3.05. The second-order valence-electron chi connectivity index (χ2n) is 6.98. The summed E-state index contributed by atoms with van der Waals surface area (Å²) in [7, 11) is 0. The van der Waals surface area contributed by atoms with E-state index in [4.69, 9.17) is 4.42 Å². The van der Waals surface area contributed by atoms with Crippen LogP contribution in [0, 0.1) is 26.6 Å². The molecule has 0 radical (unpaired) electrons. The van der Waals surface area contributed by atoms with Crippen molar-refractivity contribution in [2.75, 3.05) is 5.32 Å². The Morgan fingerprint density at radius 3 is 2.67 bits per heavy atom. The maximum atomic E-state index is 13.5. The first-order chi connectivity index (χ1) is 14.4. The molecule has 0 aliphatic heterocycles. The van der Waals surface area contributed by atoms with Gasteiger partial charge in [-0.05, 0) is 50.6 Å². The molecule has 4 rings (SSSR count). The van der Waals surface area contributed by atoms with Crippen molar-refractivity contribution in [1.82, 2.24) is 20.0 Å². The number of carbonyl (C=O) groups excluding carboxylic acids is 1. The Balaban J connectivity index is 1.55. The van der Waals surface area contributed by atoms with Crippen LogP contribution in [-0.2, 0) is 6.54 Å². The van der Waals surface area contributed by atoms with Crippen molar-refractivity contribution in [2.24, 2.45) is 0 Å². The van der Waals surface area contributed by atoms with Crippen molar-refractivity contribution in [3.8, 4) is 11.5 Å². The van der Waals surface area contributed by atoms with E-state index in [0.717, 1.165) is 11.1 Å². The lowest BCUT2D eigenvalue weighted by Crippen LogP contribution is -2.15. The number of hydrogen-bond acceptors (Lipinski definition) is 5. The van der Waals surface area contributed by atoms with E-state index < -0.39 is 11.7 Å². The first-order valence-electron chi connectivity index (χ1n) is 9.41. The zero-order valence-electron chi connectivity index (χ0n) is 16.8. The van der Waals surface area contributed by atoms with Crippen LogP contribution in [0.4, 0.5) is 10.1 Å². The average Bonchev–Trinajstić information content (AvgIpc) is 3.28. The Morgan fingerprint density at radius 2 is 1.90 bits per heavy atom. The van der Waals surface area contributed by atoms with Gasteiger partial charge in [0, 0.05) is 11.3 Å². The minimum atomic E-state index is -0.450. The summed E-state index contributed by atoms with van der Waals surface area (Å²) in [4.78, 5) is 17.2. The summed E-state index contributed by atoms with van der Waals surface area (Å²) in [5.41, 5.74) is 3.48. The van der Waals surface area contributed by atoms with E-state index in [9.17, 15) is 9.18 Å². The molecule has 0 spiro atoms. The topological polar surface area (TPSA) is 85.8 Å². The van der Waals surface area contributed by atoms with Gasteiger partial charge in [0.15, 0.2) is 5.69 Å². The molecule has 0 unspecified atom stereocenters. The molecule has 0 atom stereocenters. The Bertz CT molecular complexity index is 1210. The summed E-state index contributed by atoms with van der Waals surface area (Å²) in [6.45, 7) is 5.69. The van der Waals surface area contributed by atoms with Crippen LogP contribution in [-0.4, -0.2) is 25.9 Å². The molecule has 7 nitrogen and oxygen atoms in total. The van der Waals surface area contributed by atoms with Crippen LogP contribution in [0.3, 0.4) is 0 Å². The molecule has 2 aromatic carbocycles. The summed E-state index contributed by atoms with van der Waals surface area (Å²) in [6.07, 6.45) is 0. The number of nitrogens with one attached hydrogen (secondary N) is 1. The van der Waals surface area contributed by atoms with Crippen molar-refractivity contribution in [2.45, 2.75) is 27.3 Å². The van der Waals surface area contributed by atoms with Gasteiger partial charge in [0.2, 0.25) is 5.89 Å². The average molecular weight is 405 g/mol. The number of halogens is 1. The highest BCUT2D eigenvalue weighted by molar-refractivity contribution is 6.03. The van der Waals surface area contributed by atoms with Crippen molar-refractivity contribution in [3.05, 3.63) is 82.8 Å². The number of hydrogen-bond donors (Lipinski definition) is 1. The standard InChI is InChI=1S/C22H20FN5O2/c1-13-9-10-17(23)11-18(13)24-21(29)20-14(2)28(27-26-20)12-19-15(3)30-22(25-19)16-7-5-4-6-8-16/h4-11H,12H2,1-3H3,(H,24,29). The molecule has 30 heavy (non-hydrogen) atoms. The number of rotatable bonds is 5. The van der Waals surface area contributed by atoms with Crippen LogP contribution in [0.1, 0.15) is 33.2 Å². The molecule has 1 N–H and O–H groups in total. The molecule has 0 saturated heterocycles. The first kappa shape index (κ1) is 19.5. The van der Waals surface area contributed by atoms with Crippen molar-refractivity contribution >= 4 is 11.6 Å². The SMILES string of the molecule is Cc1ccc(F)cc1NC(=O)c1nnn(Cc2nc(-c3ccccc3)oc2C)c1C. The monoisotopic (exact) mass is 405 g/mol. The number of anilines is 1. The van der Waals surface area contributed by atoms with Gasteiger partial charge in [-0.1, -0.05) is 29.5 Å². The van der Waals surface area contributed by atoms with Crippen LogP contribution in [0.25, 0.3) is 11.5 Å². The molecule has 2 heterocycles. The Morgan fingerprint density at radius 1 is 1.13 bits per heavy atom. The lowest BCUT2D eigenvalue weighted by Gasteiger charge is -2.07. The Labute approximate surface area is 172 Å². The molecule has 8 heteroatoms. The summed E-state index contributed by atoms with van der Waals surface area (Å²) in [6, 6.07) is 13.8. The van der Waals surface area contributed by atoms with Crippen LogP contribution >= 0.6 is 0 Å². The van der Waals surface area contributed by atoms with Crippen LogP contribution in [0.5, 0.6) is 0 Å². The normalized spacial score (nSPS) is 10.9. The Hall–Kier alpha value is -3.81. The quantitative estimate of drug-likeness (QED) is 0.535. The van der Waals surface area contributed by atoms with Gasteiger partial charge in [0.05, 0.1) is 12.2 Å². The number of aryl methyl sites for hydroxylation is 2. The van der Waals surface area contributed by atoms with Gasteiger partial charge in [-0.15, -0.1) is 5.10 Å². The van der Waals surface area contributed by atoms with Gasteiger partial charge in [-0.25, -0.2) is 14.1 Å².